The van der Waals surface area contributed by atoms with E-state index >= 15 is 0 Å². The third-order valence-electron chi connectivity index (χ3n) is 1.10. The maximum Gasteiger partial charge on any atom is 0.209 e. The number of rotatable bonds is 5. The monoisotopic (exact) mass is 139 g/mol. The van der Waals surface area contributed by atoms with Crippen molar-refractivity contribution in [3.05, 3.63) is 24.8 Å². The van der Waals surface area contributed by atoms with Crippen LogP contribution in [0, 0.1) is 0 Å². The molecule has 10 heavy (non-hydrogen) atoms. The molecular formula is C8H13NO. The van der Waals surface area contributed by atoms with Crippen LogP contribution in [0.1, 0.15) is 6.42 Å². The first-order valence-electron chi connectivity index (χ1n) is 3.24. The van der Waals surface area contributed by atoms with E-state index in [2.05, 4.69) is 6.58 Å². The summed E-state index contributed by atoms with van der Waals surface area (Å²) < 4.78 is 0. The topological polar surface area (TPSA) is 20.3 Å². The van der Waals surface area contributed by atoms with Gasteiger partial charge in [0.25, 0.3) is 0 Å². The van der Waals surface area contributed by atoms with Crippen molar-refractivity contribution in [2.24, 2.45) is 0 Å². The molecule has 0 aliphatic rings. The number of carbonyl (C=O) groups excluding carboxylic acids is 1. The number of hydrogen-bond donors (Lipinski definition) is 0. The van der Waals surface area contributed by atoms with Crippen molar-refractivity contribution >= 4 is 6.41 Å². The van der Waals surface area contributed by atoms with E-state index in [-0.39, 0.29) is 0 Å². The van der Waals surface area contributed by atoms with Crippen molar-refractivity contribution in [1.29, 1.82) is 0 Å². The Morgan fingerprint density at radius 3 is 2.80 bits per heavy atom. The minimum absolute atomic E-state index is 0.772. The second kappa shape index (κ2) is 6.08. The van der Waals surface area contributed by atoms with Crippen LogP contribution in [0.15, 0.2) is 24.8 Å². The number of hydrogen-bond acceptors (Lipinski definition) is 1. The summed E-state index contributed by atoms with van der Waals surface area (Å²) in [5, 5.41) is 0. The summed E-state index contributed by atoms with van der Waals surface area (Å²) in [6.45, 7) is 4.30. The molecule has 0 bridgehead atoms. The number of nitrogens with zero attached hydrogens (tertiary/aromatic N) is 1. The fraction of sp³-hybridized carbons (Fsp3) is 0.375. The van der Waals surface area contributed by atoms with Gasteiger partial charge < -0.3 is 4.90 Å². The smallest absolute Gasteiger partial charge is 0.209 e. The molecular weight excluding hydrogens is 126 g/mol. The Morgan fingerprint density at radius 1 is 1.60 bits per heavy atom. The van der Waals surface area contributed by atoms with Gasteiger partial charge >= 0.3 is 0 Å². The molecule has 0 aliphatic heterocycles. The zero-order chi connectivity index (χ0) is 7.82. The highest BCUT2D eigenvalue weighted by Gasteiger charge is 1.87. The van der Waals surface area contributed by atoms with Crippen molar-refractivity contribution in [2.75, 3.05) is 13.6 Å². The van der Waals surface area contributed by atoms with Gasteiger partial charge in [0, 0.05) is 13.6 Å². The highest BCUT2D eigenvalue weighted by molar-refractivity contribution is 5.46. The molecule has 0 radical (unpaired) electrons. The van der Waals surface area contributed by atoms with E-state index in [0.717, 1.165) is 19.4 Å². The van der Waals surface area contributed by atoms with E-state index in [1.165, 1.54) is 0 Å². The van der Waals surface area contributed by atoms with Crippen LogP contribution >= 0.6 is 0 Å². The molecule has 0 saturated carbocycles. The minimum Gasteiger partial charge on any atom is -0.348 e. The first-order chi connectivity index (χ1) is 4.81. The summed E-state index contributed by atoms with van der Waals surface area (Å²) in [6, 6.07) is 0. The van der Waals surface area contributed by atoms with Crippen molar-refractivity contribution in [3.8, 4) is 0 Å². The summed E-state index contributed by atoms with van der Waals surface area (Å²) in [6.07, 6.45) is 7.29. The lowest BCUT2D eigenvalue weighted by Crippen LogP contribution is -2.16. The van der Waals surface area contributed by atoms with Gasteiger partial charge in [0.1, 0.15) is 0 Å². The SMILES string of the molecule is C=C/C=C/CCN(C)C=O. The van der Waals surface area contributed by atoms with Gasteiger partial charge in [-0.05, 0) is 6.42 Å². The minimum atomic E-state index is 0.772. The summed E-state index contributed by atoms with van der Waals surface area (Å²) in [5.41, 5.74) is 0. The van der Waals surface area contributed by atoms with Crippen molar-refractivity contribution in [3.63, 3.8) is 0 Å². The average molecular weight is 139 g/mol. The lowest BCUT2D eigenvalue weighted by atomic mass is 10.3. The molecule has 56 valence electrons. The quantitative estimate of drug-likeness (QED) is 0.414. The van der Waals surface area contributed by atoms with Crippen molar-refractivity contribution in [1.82, 2.24) is 4.90 Å². The van der Waals surface area contributed by atoms with Crippen LogP contribution in [0.3, 0.4) is 0 Å². The van der Waals surface area contributed by atoms with E-state index < -0.39 is 0 Å². The predicted octanol–water partition coefficient (Wildman–Crippen LogP) is 1.21. The zero-order valence-electron chi connectivity index (χ0n) is 6.29. The van der Waals surface area contributed by atoms with Crippen LogP contribution in [-0.2, 0) is 4.79 Å². The Morgan fingerprint density at radius 2 is 2.30 bits per heavy atom. The van der Waals surface area contributed by atoms with Crippen molar-refractivity contribution < 1.29 is 4.79 Å². The summed E-state index contributed by atoms with van der Waals surface area (Å²) >= 11 is 0. The highest BCUT2D eigenvalue weighted by atomic mass is 16.1. The fourth-order valence-corrected chi connectivity index (χ4v) is 0.523. The molecule has 0 aromatic rings. The van der Waals surface area contributed by atoms with Gasteiger partial charge in [-0.15, -0.1) is 0 Å². The Balaban J connectivity index is 3.26. The Labute approximate surface area is 61.8 Å². The number of allylic oxidation sites excluding steroid dienone is 2. The lowest BCUT2D eigenvalue weighted by Gasteiger charge is -2.06. The normalized spacial score (nSPS) is 9.70. The van der Waals surface area contributed by atoms with E-state index in [1.54, 1.807) is 18.0 Å². The van der Waals surface area contributed by atoms with E-state index in [0.29, 0.717) is 0 Å². The van der Waals surface area contributed by atoms with Gasteiger partial charge in [-0.3, -0.25) is 4.79 Å². The summed E-state index contributed by atoms with van der Waals surface area (Å²) in [7, 11) is 1.76. The van der Waals surface area contributed by atoms with Crippen LogP contribution in [-0.4, -0.2) is 24.9 Å². The zero-order valence-corrected chi connectivity index (χ0v) is 6.29. The van der Waals surface area contributed by atoms with Gasteiger partial charge in [-0.25, -0.2) is 0 Å². The predicted molar refractivity (Wildman–Crippen MR) is 42.6 cm³/mol. The molecule has 0 unspecified atom stereocenters. The Hall–Kier alpha value is -1.05. The molecule has 0 N–H and O–H groups in total. The average Bonchev–Trinajstić information content (AvgIpc) is 1.98. The molecule has 1 amide bonds. The highest BCUT2D eigenvalue weighted by Crippen LogP contribution is 1.85. The van der Waals surface area contributed by atoms with Crippen LogP contribution in [0.4, 0.5) is 0 Å². The van der Waals surface area contributed by atoms with Crippen LogP contribution < -0.4 is 0 Å². The first-order valence-corrected chi connectivity index (χ1v) is 3.24. The Kier molecular flexibility index (Phi) is 5.44. The molecule has 2 nitrogen and oxygen atoms in total. The molecule has 0 atom stereocenters. The van der Waals surface area contributed by atoms with Crippen molar-refractivity contribution in [2.45, 2.75) is 6.42 Å². The van der Waals surface area contributed by atoms with Gasteiger partial charge in [0.05, 0.1) is 0 Å². The summed E-state index contributed by atoms with van der Waals surface area (Å²) in [5.74, 6) is 0. The van der Waals surface area contributed by atoms with Gasteiger partial charge in [-0.1, -0.05) is 24.8 Å². The Bertz CT molecular complexity index is 129. The van der Waals surface area contributed by atoms with E-state index in [9.17, 15) is 4.79 Å². The number of amides is 1. The third kappa shape index (κ3) is 5.09. The maximum absolute atomic E-state index is 10.1. The van der Waals surface area contributed by atoms with Crippen LogP contribution in [0.25, 0.3) is 0 Å². The molecule has 0 aromatic carbocycles. The standard InChI is InChI=1S/C8H13NO/c1-3-4-5-6-7-9(2)8-10/h3-5,8H,1,6-7H2,2H3/b5-4+. The lowest BCUT2D eigenvalue weighted by molar-refractivity contribution is -0.116. The summed E-state index contributed by atoms with van der Waals surface area (Å²) in [4.78, 5) is 11.7. The van der Waals surface area contributed by atoms with Crippen LogP contribution in [0.2, 0.25) is 0 Å². The van der Waals surface area contributed by atoms with E-state index in [4.69, 9.17) is 0 Å². The largest absolute Gasteiger partial charge is 0.348 e. The van der Waals surface area contributed by atoms with Gasteiger partial charge in [0.2, 0.25) is 6.41 Å². The molecule has 0 fully saturated rings. The second-order valence-electron chi connectivity index (χ2n) is 2.04. The molecule has 2 heteroatoms. The third-order valence-corrected chi connectivity index (χ3v) is 1.10. The molecule has 0 aromatic heterocycles. The van der Waals surface area contributed by atoms with E-state index in [1.807, 2.05) is 12.2 Å². The molecule has 0 aliphatic carbocycles. The second-order valence-corrected chi connectivity index (χ2v) is 2.04. The van der Waals surface area contributed by atoms with Gasteiger partial charge in [0.15, 0.2) is 0 Å². The molecule has 0 heterocycles. The number of carbonyl (C=O) groups is 1. The molecule has 0 saturated heterocycles. The fourth-order valence-electron chi connectivity index (χ4n) is 0.523. The first kappa shape index (κ1) is 8.95. The van der Waals surface area contributed by atoms with Gasteiger partial charge in [-0.2, -0.15) is 0 Å². The maximum atomic E-state index is 10.1. The van der Waals surface area contributed by atoms with Crippen LogP contribution in [0.5, 0.6) is 0 Å². The molecule has 0 rings (SSSR count). The molecule has 0 spiro atoms.